The Hall–Kier alpha value is -2.10. The maximum absolute atomic E-state index is 11.4. The van der Waals surface area contributed by atoms with Gasteiger partial charge in [0.05, 0.1) is 5.75 Å². The molecule has 5 N–H and O–H groups in total. The van der Waals surface area contributed by atoms with Crippen molar-refractivity contribution in [2.75, 3.05) is 5.75 Å². The molecule has 0 bridgehead atoms. The van der Waals surface area contributed by atoms with Gasteiger partial charge >= 0.3 is 6.03 Å². The number of nitrogens with zero attached hydrogens (tertiary/aromatic N) is 3. The van der Waals surface area contributed by atoms with Gasteiger partial charge in [-0.05, 0) is 12.8 Å². The number of aromatic nitrogens is 3. The standard InChI is InChI=1S/C11H16N6O3S/c12-7(18)3-4-8-15-16-11(17(8)6-1-2-6)21-5-9(19)14-10(13)20/h6H,1-5H2,(H2,12,18)(H3,13,14,19,20). The van der Waals surface area contributed by atoms with Crippen LogP contribution in [0.2, 0.25) is 0 Å². The minimum atomic E-state index is -0.883. The average Bonchev–Trinajstić information content (AvgIpc) is 3.14. The SMILES string of the molecule is NC(=O)CCc1nnc(SCC(=O)NC(N)=O)n1C1CC1. The Morgan fingerprint density at radius 2 is 2.00 bits per heavy atom. The Labute approximate surface area is 124 Å². The lowest BCUT2D eigenvalue weighted by molar-refractivity contribution is -0.118. The molecule has 21 heavy (non-hydrogen) atoms. The van der Waals surface area contributed by atoms with Crippen LogP contribution in [0.1, 0.15) is 31.1 Å². The lowest BCUT2D eigenvalue weighted by Gasteiger charge is -2.07. The fraction of sp³-hybridized carbons (Fsp3) is 0.545. The highest BCUT2D eigenvalue weighted by Crippen LogP contribution is 2.38. The van der Waals surface area contributed by atoms with Crippen molar-refractivity contribution in [3.63, 3.8) is 0 Å². The predicted molar refractivity (Wildman–Crippen MR) is 74.3 cm³/mol. The topological polar surface area (TPSA) is 146 Å². The van der Waals surface area contributed by atoms with Crippen LogP contribution in [-0.4, -0.2) is 38.4 Å². The van der Waals surface area contributed by atoms with Gasteiger partial charge in [-0.15, -0.1) is 10.2 Å². The summed E-state index contributed by atoms with van der Waals surface area (Å²) in [5.74, 6) is -0.176. The first-order valence-corrected chi connectivity index (χ1v) is 7.40. The molecule has 0 atom stereocenters. The third-order valence-electron chi connectivity index (χ3n) is 2.84. The lowest BCUT2D eigenvalue weighted by Crippen LogP contribution is -2.36. The minimum Gasteiger partial charge on any atom is -0.370 e. The van der Waals surface area contributed by atoms with E-state index in [1.165, 1.54) is 11.8 Å². The van der Waals surface area contributed by atoms with E-state index in [0.717, 1.165) is 12.8 Å². The van der Waals surface area contributed by atoms with E-state index in [1.54, 1.807) is 0 Å². The number of thioether (sulfide) groups is 1. The zero-order chi connectivity index (χ0) is 15.4. The van der Waals surface area contributed by atoms with Crippen LogP contribution in [0.3, 0.4) is 0 Å². The van der Waals surface area contributed by atoms with Crippen molar-refractivity contribution in [2.45, 2.75) is 36.9 Å². The van der Waals surface area contributed by atoms with Gasteiger partial charge in [-0.25, -0.2) is 4.79 Å². The monoisotopic (exact) mass is 312 g/mol. The van der Waals surface area contributed by atoms with Crippen molar-refractivity contribution in [2.24, 2.45) is 11.5 Å². The summed E-state index contributed by atoms with van der Waals surface area (Å²) in [6, 6.07) is -0.573. The van der Waals surface area contributed by atoms with Gasteiger partial charge in [0.15, 0.2) is 5.16 Å². The Bertz CT molecular complexity index is 568. The number of carbonyl (C=O) groups is 3. The summed E-state index contributed by atoms with van der Waals surface area (Å²) in [5, 5.41) is 10.7. The quantitative estimate of drug-likeness (QED) is 0.568. The van der Waals surface area contributed by atoms with Crippen LogP contribution in [0.15, 0.2) is 5.16 Å². The predicted octanol–water partition coefficient (Wildman–Crippen LogP) is -0.682. The summed E-state index contributed by atoms with van der Waals surface area (Å²) in [7, 11) is 0. The van der Waals surface area contributed by atoms with Crippen LogP contribution >= 0.6 is 11.8 Å². The third kappa shape index (κ3) is 4.45. The van der Waals surface area contributed by atoms with E-state index in [9.17, 15) is 14.4 Å². The fourth-order valence-corrected chi connectivity index (χ4v) is 2.64. The molecule has 0 spiro atoms. The molecular formula is C11H16N6O3S. The first-order valence-electron chi connectivity index (χ1n) is 6.41. The number of carbonyl (C=O) groups excluding carboxylic acids is 3. The Morgan fingerprint density at radius 3 is 2.57 bits per heavy atom. The number of urea groups is 1. The van der Waals surface area contributed by atoms with Gasteiger partial charge in [-0.2, -0.15) is 0 Å². The van der Waals surface area contributed by atoms with Gasteiger partial charge in [-0.1, -0.05) is 11.8 Å². The van der Waals surface area contributed by atoms with Gasteiger partial charge in [0.2, 0.25) is 11.8 Å². The molecule has 0 saturated heterocycles. The molecular weight excluding hydrogens is 296 g/mol. The van der Waals surface area contributed by atoms with E-state index in [2.05, 4.69) is 10.2 Å². The first kappa shape index (κ1) is 15.3. The molecule has 9 nitrogen and oxygen atoms in total. The summed E-state index contributed by atoms with van der Waals surface area (Å²) in [6.45, 7) is 0. The van der Waals surface area contributed by atoms with Crippen LogP contribution < -0.4 is 16.8 Å². The number of aryl methyl sites for hydroxylation is 1. The Morgan fingerprint density at radius 1 is 1.29 bits per heavy atom. The largest absolute Gasteiger partial charge is 0.370 e. The number of nitrogens with two attached hydrogens (primary N) is 2. The lowest BCUT2D eigenvalue weighted by atomic mass is 10.3. The van der Waals surface area contributed by atoms with E-state index >= 15 is 0 Å². The maximum atomic E-state index is 11.4. The summed E-state index contributed by atoms with van der Waals surface area (Å²) < 4.78 is 1.94. The molecule has 1 aliphatic rings. The van der Waals surface area contributed by atoms with Gasteiger partial charge in [0.25, 0.3) is 0 Å². The molecule has 1 saturated carbocycles. The van der Waals surface area contributed by atoms with E-state index in [1.807, 2.05) is 9.88 Å². The van der Waals surface area contributed by atoms with Crippen LogP contribution in [-0.2, 0) is 16.0 Å². The minimum absolute atomic E-state index is 0.0175. The smallest absolute Gasteiger partial charge is 0.318 e. The second-order valence-electron chi connectivity index (χ2n) is 4.67. The third-order valence-corrected chi connectivity index (χ3v) is 3.78. The van der Waals surface area contributed by atoms with Gasteiger partial charge in [-0.3, -0.25) is 14.9 Å². The summed E-state index contributed by atoms with van der Waals surface area (Å²) in [6.07, 6.45) is 2.66. The number of hydrogen-bond donors (Lipinski definition) is 3. The van der Waals surface area contributed by atoms with Crippen molar-refractivity contribution in [1.29, 1.82) is 0 Å². The maximum Gasteiger partial charge on any atom is 0.318 e. The molecule has 0 aromatic carbocycles. The van der Waals surface area contributed by atoms with Crippen LogP contribution in [0, 0.1) is 0 Å². The molecule has 1 aromatic rings. The first-order chi connectivity index (χ1) is 9.97. The van der Waals surface area contributed by atoms with Crippen molar-refractivity contribution in [3.05, 3.63) is 5.82 Å². The average molecular weight is 312 g/mol. The molecule has 1 aliphatic carbocycles. The highest BCUT2D eigenvalue weighted by Gasteiger charge is 2.29. The second kappa shape index (κ2) is 6.57. The normalized spacial score (nSPS) is 13.9. The van der Waals surface area contributed by atoms with Gasteiger partial charge in [0, 0.05) is 18.9 Å². The Balaban J connectivity index is 2.00. The van der Waals surface area contributed by atoms with E-state index < -0.39 is 17.8 Å². The van der Waals surface area contributed by atoms with Crippen LogP contribution in [0.4, 0.5) is 4.79 Å². The number of rotatable bonds is 7. The molecule has 1 aromatic heterocycles. The molecule has 10 heteroatoms. The van der Waals surface area contributed by atoms with Crippen LogP contribution in [0.25, 0.3) is 0 Å². The molecule has 114 valence electrons. The summed E-state index contributed by atoms with van der Waals surface area (Å²) in [4.78, 5) is 32.8. The van der Waals surface area contributed by atoms with E-state index in [0.29, 0.717) is 23.4 Å². The number of primary amides is 2. The highest BCUT2D eigenvalue weighted by molar-refractivity contribution is 7.99. The van der Waals surface area contributed by atoms with Crippen molar-refractivity contribution < 1.29 is 14.4 Å². The van der Waals surface area contributed by atoms with E-state index in [4.69, 9.17) is 11.5 Å². The summed E-state index contributed by atoms with van der Waals surface area (Å²) in [5.41, 5.74) is 10.0. The molecule has 1 heterocycles. The van der Waals surface area contributed by atoms with Crippen molar-refractivity contribution in [3.8, 4) is 0 Å². The molecule has 0 unspecified atom stereocenters. The van der Waals surface area contributed by atoms with Crippen molar-refractivity contribution >= 4 is 29.6 Å². The van der Waals surface area contributed by atoms with Crippen LogP contribution in [0.5, 0.6) is 0 Å². The van der Waals surface area contributed by atoms with Gasteiger partial charge in [0.1, 0.15) is 5.82 Å². The molecule has 0 aliphatic heterocycles. The van der Waals surface area contributed by atoms with Crippen molar-refractivity contribution in [1.82, 2.24) is 20.1 Å². The molecule has 2 rings (SSSR count). The zero-order valence-corrected chi connectivity index (χ0v) is 12.1. The fourth-order valence-electron chi connectivity index (χ4n) is 1.81. The summed E-state index contributed by atoms with van der Waals surface area (Å²) >= 11 is 1.17. The Kier molecular flexibility index (Phi) is 4.78. The molecule has 4 amide bonds. The number of imide groups is 1. The van der Waals surface area contributed by atoms with E-state index in [-0.39, 0.29) is 12.2 Å². The number of hydrogen-bond acceptors (Lipinski definition) is 6. The second-order valence-corrected chi connectivity index (χ2v) is 5.61. The molecule has 1 fully saturated rings. The number of amides is 4. The van der Waals surface area contributed by atoms with Gasteiger partial charge < -0.3 is 16.0 Å². The zero-order valence-electron chi connectivity index (χ0n) is 11.2. The highest BCUT2D eigenvalue weighted by atomic mass is 32.2. The number of nitrogens with one attached hydrogen (secondary N) is 1. The molecule has 0 radical (unpaired) electrons.